The maximum atomic E-state index is 9.13. The highest BCUT2D eigenvalue weighted by Crippen LogP contribution is 2.05. The molecule has 0 bridgehead atoms. The number of likely N-dealkylation sites (tertiary alicyclic amines) is 1. The molecule has 0 saturated carbocycles. The largest absolute Gasteiger partial charge is 0.392 e. The van der Waals surface area contributed by atoms with Gasteiger partial charge < -0.3 is 15.7 Å². The van der Waals surface area contributed by atoms with Gasteiger partial charge in [0.1, 0.15) is 0 Å². The van der Waals surface area contributed by atoms with Crippen LogP contribution in [0.1, 0.15) is 6.42 Å². The van der Waals surface area contributed by atoms with Gasteiger partial charge in [-0.3, -0.25) is 0 Å². The Kier molecular flexibility index (Phi) is 2.05. The van der Waals surface area contributed by atoms with Crippen molar-refractivity contribution in [3.05, 3.63) is 0 Å². The second-order valence-corrected chi connectivity index (χ2v) is 2.87. The molecule has 1 aliphatic heterocycles. The summed E-state index contributed by atoms with van der Waals surface area (Å²) in [5.41, 5.74) is 5.61. The lowest BCUT2D eigenvalue weighted by atomic mass is 10.1. The quantitative estimate of drug-likeness (QED) is 0.442. The summed E-state index contributed by atoms with van der Waals surface area (Å²) in [5, 5.41) is 9.13. The highest BCUT2D eigenvalue weighted by Gasteiger charge is 2.19. The molecule has 0 amide bonds. The molecule has 0 aliphatic carbocycles. The standard InChI is InChI=1S/C6H14N2O/c1-8-3-5(7)2-6(9)4-8/h5-6,9H,2-4,7H2,1H3/t5-,6-/m1/s1. The van der Waals surface area contributed by atoms with Crippen molar-refractivity contribution in [2.75, 3.05) is 20.1 Å². The molecule has 2 atom stereocenters. The van der Waals surface area contributed by atoms with E-state index in [1.54, 1.807) is 0 Å². The normalized spacial score (nSPS) is 39.0. The maximum Gasteiger partial charge on any atom is 0.0682 e. The number of aliphatic hydroxyl groups excluding tert-OH is 1. The number of likely N-dealkylation sites (N-methyl/N-ethyl adjacent to an activating group) is 1. The minimum absolute atomic E-state index is 0.166. The molecule has 54 valence electrons. The van der Waals surface area contributed by atoms with Gasteiger partial charge >= 0.3 is 0 Å². The Morgan fingerprint density at radius 2 is 2.22 bits per heavy atom. The van der Waals surface area contributed by atoms with Crippen LogP contribution in [0.5, 0.6) is 0 Å². The van der Waals surface area contributed by atoms with E-state index in [2.05, 4.69) is 4.90 Å². The minimum Gasteiger partial charge on any atom is -0.392 e. The van der Waals surface area contributed by atoms with Crippen molar-refractivity contribution in [3.8, 4) is 0 Å². The van der Waals surface area contributed by atoms with Gasteiger partial charge in [-0.05, 0) is 13.5 Å². The van der Waals surface area contributed by atoms with Gasteiger partial charge in [0.2, 0.25) is 0 Å². The zero-order valence-electron chi connectivity index (χ0n) is 5.75. The van der Waals surface area contributed by atoms with Crippen LogP contribution < -0.4 is 5.73 Å². The molecule has 1 rings (SSSR count). The molecule has 0 unspecified atom stereocenters. The first-order valence-electron chi connectivity index (χ1n) is 3.30. The topological polar surface area (TPSA) is 49.5 Å². The van der Waals surface area contributed by atoms with Crippen LogP contribution in [0.4, 0.5) is 0 Å². The van der Waals surface area contributed by atoms with Gasteiger partial charge in [-0.1, -0.05) is 0 Å². The summed E-state index contributed by atoms with van der Waals surface area (Å²) in [7, 11) is 1.97. The molecule has 0 aromatic carbocycles. The van der Waals surface area contributed by atoms with Crippen molar-refractivity contribution in [1.82, 2.24) is 4.90 Å². The first-order valence-corrected chi connectivity index (χ1v) is 3.30. The average Bonchev–Trinajstić information content (AvgIpc) is 1.59. The van der Waals surface area contributed by atoms with E-state index in [4.69, 9.17) is 10.8 Å². The number of rotatable bonds is 0. The zero-order chi connectivity index (χ0) is 6.85. The van der Waals surface area contributed by atoms with Crippen molar-refractivity contribution < 1.29 is 5.11 Å². The lowest BCUT2D eigenvalue weighted by Gasteiger charge is -2.30. The van der Waals surface area contributed by atoms with E-state index in [-0.39, 0.29) is 12.1 Å². The van der Waals surface area contributed by atoms with Crippen LogP contribution in [0.25, 0.3) is 0 Å². The van der Waals surface area contributed by atoms with Crippen LogP contribution in [-0.2, 0) is 0 Å². The van der Waals surface area contributed by atoms with Gasteiger partial charge in [0.25, 0.3) is 0 Å². The fraction of sp³-hybridized carbons (Fsp3) is 1.00. The number of hydrogen-bond acceptors (Lipinski definition) is 3. The molecular weight excluding hydrogens is 116 g/mol. The third-order valence-corrected chi connectivity index (χ3v) is 1.64. The maximum absolute atomic E-state index is 9.13. The van der Waals surface area contributed by atoms with E-state index >= 15 is 0 Å². The van der Waals surface area contributed by atoms with E-state index in [0.29, 0.717) is 0 Å². The third kappa shape index (κ3) is 1.93. The molecule has 9 heavy (non-hydrogen) atoms. The average molecular weight is 130 g/mol. The van der Waals surface area contributed by atoms with Crippen LogP contribution >= 0.6 is 0 Å². The molecule has 0 spiro atoms. The van der Waals surface area contributed by atoms with Crippen LogP contribution in [0.3, 0.4) is 0 Å². The molecule has 1 heterocycles. The number of nitrogens with two attached hydrogens (primary N) is 1. The SMILES string of the molecule is CN1C[C@H](N)C[C@@H](O)C1. The molecule has 3 heteroatoms. The van der Waals surface area contributed by atoms with E-state index in [9.17, 15) is 0 Å². The van der Waals surface area contributed by atoms with E-state index in [1.807, 2.05) is 7.05 Å². The van der Waals surface area contributed by atoms with Gasteiger partial charge in [0, 0.05) is 19.1 Å². The molecular formula is C6H14N2O. The summed E-state index contributed by atoms with van der Waals surface area (Å²) in [6.07, 6.45) is 0.545. The zero-order valence-corrected chi connectivity index (χ0v) is 5.75. The first-order chi connectivity index (χ1) is 4.18. The molecule has 0 radical (unpaired) electrons. The Hall–Kier alpha value is -0.120. The molecule has 0 aromatic heterocycles. The number of aliphatic hydroxyl groups is 1. The van der Waals surface area contributed by atoms with Gasteiger partial charge in [-0.25, -0.2) is 0 Å². The number of hydrogen-bond donors (Lipinski definition) is 2. The lowest BCUT2D eigenvalue weighted by molar-refractivity contribution is 0.0740. The van der Waals surface area contributed by atoms with Crippen LogP contribution in [0, 0.1) is 0 Å². The Morgan fingerprint density at radius 3 is 2.67 bits per heavy atom. The van der Waals surface area contributed by atoms with E-state index in [0.717, 1.165) is 19.5 Å². The molecule has 0 aromatic rings. The minimum atomic E-state index is -0.209. The first kappa shape index (κ1) is 6.99. The molecule has 1 aliphatic rings. The van der Waals surface area contributed by atoms with Gasteiger partial charge in [0.05, 0.1) is 6.10 Å². The van der Waals surface area contributed by atoms with Gasteiger partial charge in [0.15, 0.2) is 0 Å². The molecule has 1 saturated heterocycles. The van der Waals surface area contributed by atoms with E-state index in [1.165, 1.54) is 0 Å². The predicted molar refractivity (Wildman–Crippen MR) is 36.1 cm³/mol. The van der Waals surface area contributed by atoms with Crippen LogP contribution in [-0.4, -0.2) is 42.3 Å². The highest BCUT2D eigenvalue weighted by atomic mass is 16.3. The Balaban J connectivity index is 2.34. The molecule has 3 N–H and O–H groups in total. The summed E-state index contributed by atoms with van der Waals surface area (Å²) < 4.78 is 0. The molecule has 3 nitrogen and oxygen atoms in total. The van der Waals surface area contributed by atoms with Crippen LogP contribution in [0.15, 0.2) is 0 Å². The number of nitrogens with zero attached hydrogens (tertiary/aromatic N) is 1. The van der Waals surface area contributed by atoms with Crippen molar-refractivity contribution in [2.45, 2.75) is 18.6 Å². The van der Waals surface area contributed by atoms with Crippen molar-refractivity contribution in [3.63, 3.8) is 0 Å². The summed E-state index contributed by atoms with van der Waals surface area (Å²) in [6.45, 7) is 1.69. The van der Waals surface area contributed by atoms with Crippen molar-refractivity contribution in [2.24, 2.45) is 5.73 Å². The summed E-state index contributed by atoms with van der Waals surface area (Å²) >= 11 is 0. The summed E-state index contributed by atoms with van der Waals surface area (Å²) in [5.74, 6) is 0. The number of β-amino-alcohol motifs (C(OH)–C–C–N with tert-alkyl or cyclic N) is 1. The monoisotopic (exact) mass is 130 g/mol. The van der Waals surface area contributed by atoms with Crippen molar-refractivity contribution in [1.29, 1.82) is 0 Å². The van der Waals surface area contributed by atoms with Crippen LogP contribution in [0.2, 0.25) is 0 Å². The van der Waals surface area contributed by atoms with Crippen molar-refractivity contribution >= 4 is 0 Å². The fourth-order valence-corrected chi connectivity index (χ4v) is 1.33. The Morgan fingerprint density at radius 1 is 1.56 bits per heavy atom. The van der Waals surface area contributed by atoms with E-state index < -0.39 is 0 Å². The molecule has 1 fully saturated rings. The number of piperidine rings is 1. The third-order valence-electron chi connectivity index (χ3n) is 1.64. The highest BCUT2D eigenvalue weighted by molar-refractivity contribution is 4.78. The fourth-order valence-electron chi connectivity index (χ4n) is 1.33. The van der Waals surface area contributed by atoms with Gasteiger partial charge in [-0.2, -0.15) is 0 Å². The Bertz CT molecular complexity index is 72.0. The predicted octanol–water partition coefficient (Wildman–Crippen LogP) is -0.990. The van der Waals surface area contributed by atoms with Gasteiger partial charge in [-0.15, -0.1) is 0 Å². The lowest BCUT2D eigenvalue weighted by Crippen LogP contribution is -2.47. The second-order valence-electron chi connectivity index (χ2n) is 2.87. The smallest absolute Gasteiger partial charge is 0.0682 e. The summed E-state index contributed by atoms with van der Waals surface area (Å²) in [6, 6.07) is 0.166. The summed E-state index contributed by atoms with van der Waals surface area (Å²) in [4.78, 5) is 2.05. The Labute approximate surface area is 55.5 Å². The second kappa shape index (κ2) is 2.64.